The average Bonchev–Trinajstić information content (AvgIpc) is 2.91. The molecule has 0 aromatic heterocycles. The van der Waals surface area contributed by atoms with Crippen LogP contribution in [0, 0.1) is 0 Å². The van der Waals surface area contributed by atoms with E-state index in [1.807, 2.05) is 74.5 Å². The molecule has 0 radical (unpaired) electrons. The van der Waals surface area contributed by atoms with Gasteiger partial charge < -0.3 is 40.3 Å². The molecule has 0 aliphatic carbocycles. The Morgan fingerprint density at radius 2 is 1.30 bits per heavy atom. The third kappa shape index (κ3) is 7.11. The molecule has 2 aliphatic heterocycles. The number of rotatable bonds is 10. The van der Waals surface area contributed by atoms with Crippen LogP contribution in [0.2, 0.25) is 0 Å². The fourth-order valence-electron chi connectivity index (χ4n) is 4.71. The zero-order chi connectivity index (χ0) is 26.4. The zero-order valence-electron chi connectivity index (χ0n) is 21.7. The molecule has 2 aromatic rings. The van der Waals surface area contributed by atoms with Crippen LogP contribution in [0.1, 0.15) is 31.9 Å². The van der Waals surface area contributed by atoms with Crippen LogP contribution in [0.15, 0.2) is 60.7 Å². The molecule has 2 heterocycles. The van der Waals surface area contributed by atoms with Crippen molar-refractivity contribution < 1.29 is 28.8 Å². The van der Waals surface area contributed by atoms with Gasteiger partial charge in [-0.2, -0.15) is 0 Å². The van der Waals surface area contributed by atoms with E-state index in [2.05, 4.69) is 6.92 Å². The molecule has 204 valence electrons. The summed E-state index contributed by atoms with van der Waals surface area (Å²) in [5.41, 5.74) is 14.7. The molecule has 2 fully saturated rings. The lowest BCUT2D eigenvalue weighted by Gasteiger charge is -2.48. The van der Waals surface area contributed by atoms with E-state index in [0.717, 1.165) is 16.9 Å². The highest BCUT2D eigenvalue weighted by molar-refractivity contribution is 7.99. The van der Waals surface area contributed by atoms with E-state index in [1.165, 1.54) is 0 Å². The van der Waals surface area contributed by atoms with Gasteiger partial charge in [-0.1, -0.05) is 67.6 Å². The van der Waals surface area contributed by atoms with Gasteiger partial charge >= 0.3 is 0 Å². The van der Waals surface area contributed by atoms with Crippen molar-refractivity contribution in [1.82, 2.24) is 0 Å². The second kappa shape index (κ2) is 13.5. The lowest BCUT2D eigenvalue weighted by molar-refractivity contribution is -0.314. The molecule has 0 spiro atoms. The van der Waals surface area contributed by atoms with Crippen molar-refractivity contribution in [3.05, 3.63) is 71.8 Å². The third-order valence-corrected chi connectivity index (χ3v) is 7.98. The van der Waals surface area contributed by atoms with Gasteiger partial charge in [-0.05, 0) is 30.7 Å². The smallest absolute Gasteiger partial charge is 0.187 e. The number of benzene rings is 2. The fraction of sp³-hybridized carbons (Fsp3) is 0.571. The lowest BCUT2D eigenvalue weighted by Crippen LogP contribution is -2.66. The first-order valence-electron chi connectivity index (χ1n) is 13.0. The van der Waals surface area contributed by atoms with Crippen molar-refractivity contribution in [1.29, 1.82) is 0 Å². The maximum atomic E-state index is 11.3. The molecule has 0 amide bonds. The number of thioether (sulfide) groups is 1. The molecular weight excluding hydrogens is 492 g/mol. The van der Waals surface area contributed by atoms with Gasteiger partial charge in [0.15, 0.2) is 6.29 Å². The highest BCUT2D eigenvalue weighted by atomic mass is 32.2. The van der Waals surface area contributed by atoms with E-state index in [-0.39, 0.29) is 11.5 Å². The van der Waals surface area contributed by atoms with E-state index in [9.17, 15) is 5.11 Å². The summed E-state index contributed by atoms with van der Waals surface area (Å²) in [6, 6.07) is 18.8. The first-order valence-corrected chi connectivity index (χ1v) is 14.0. The van der Waals surface area contributed by atoms with Gasteiger partial charge in [0.05, 0.1) is 37.5 Å². The molecule has 2 saturated heterocycles. The first-order chi connectivity index (χ1) is 17.9. The van der Waals surface area contributed by atoms with Gasteiger partial charge in [-0.15, -0.1) is 11.8 Å². The van der Waals surface area contributed by atoms with Gasteiger partial charge in [-0.3, -0.25) is 0 Å². The van der Waals surface area contributed by atoms with E-state index in [1.54, 1.807) is 11.8 Å². The minimum absolute atomic E-state index is 0.226. The minimum atomic E-state index is -1.10. The summed E-state index contributed by atoms with van der Waals surface area (Å²) < 4.78 is 31.2. The van der Waals surface area contributed by atoms with E-state index < -0.39 is 48.9 Å². The van der Waals surface area contributed by atoms with Crippen LogP contribution < -0.4 is 11.5 Å². The Morgan fingerprint density at radius 3 is 1.86 bits per heavy atom. The largest absolute Gasteiger partial charge is 0.385 e. The Morgan fingerprint density at radius 1 is 0.784 bits per heavy atom. The number of aliphatic hydroxyl groups is 1. The Hall–Kier alpha value is -1.53. The van der Waals surface area contributed by atoms with E-state index in [4.69, 9.17) is 35.2 Å². The summed E-state index contributed by atoms with van der Waals surface area (Å²) in [4.78, 5) is 0. The second-order valence-corrected chi connectivity index (χ2v) is 11.0. The molecule has 10 atom stereocenters. The maximum absolute atomic E-state index is 11.3. The third-order valence-electron chi connectivity index (χ3n) is 6.94. The predicted molar refractivity (Wildman–Crippen MR) is 144 cm³/mol. The highest BCUT2D eigenvalue weighted by Crippen LogP contribution is 2.35. The molecule has 2 aliphatic rings. The summed E-state index contributed by atoms with van der Waals surface area (Å²) in [5.74, 6) is 0.816. The van der Waals surface area contributed by atoms with Gasteiger partial charge in [0.25, 0.3) is 0 Å². The topological polar surface area (TPSA) is 118 Å². The number of aliphatic hydroxyl groups excluding tert-OH is 1. The summed E-state index contributed by atoms with van der Waals surface area (Å²) in [6.45, 7) is 6.57. The van der Waals surface area contributed by atoms with Crippen molar-refractivity contribution >= 4 is 11.8 Å². The van der Waals surface area contributed by atoms with Crippen LogP contribution in [-0.2, 0) is 36.9 Å². The summed E-state index contributed by atoms with van der Waals surface area (Å²) in [7, 11) is 0. The molecule has 0 bridgehead atoms. The maximum Gasteiger partial charge on any atom is 0.187 e. The Bertz CT molecular complexity index is 941. The first kappa shape index (κ1) is 28.5. The Kier molecular flexibility index (Phi) is 10.4. The lowest BCUT2D eigenvalue weighted by atomic mass is 9.96. The molecule has 0 saturated carbocycles. The monoisotopic (exact) mass is 532 g/mol. The standard InChI is InChI=1S/C28H40N2O6S/c1-4-37-28-26(25(22(30)18(3)35-28)33-16-20-13-9-6-10-14-20)36-27-23(31)24(21(29)17(2)34-27)32-15-19-11-7-5-8-12-19/h5-14,17-18,21-28,31H,4,15-16,29-30H2,1-3H3/t17-,18-,21-,22-,23+,24+,25+,26+,27-,28-/m1/s1. The predicted octanol–water partition coefficient (Wildman–Crippen LogP) is 2.80. The van der Waals surface area contributed by atoms with Crippen LogP contribution in [0.3, 0.4) is 0 Å². The average molecular weight is 533 g/mol. The van der Waals surface area contributed by atoms with Gasteiger partial charge in [0, 0.05) is 0 Å². The van der Waals surface area contributed by atoms with Crippen LogP contribution in [0.4, 0.5) is 0 Å². The summed E-state index contributed by atoms with van der Waals surface area (Å²) in [6.07, 6.45) is -4.43. The molecule has 9 heteroatoms. The van der Waals surface area contributed by atoms with Crippen molar-refractivity contribution in [3.8, 4) is 0 Å². The van der Waals surface area contributed by atoms with Crippen LogP contribution in [0.25, 0.3) is 0 Å². The summed E-state index contributed by atoms with van der Waals surface area (Å²) in [5, 5.41) is 11.3. The summed E-state index contributed by atoms with van der Waals surface area (Å²) >= 11 is 1.62. The minimum Gasteiger partial charge on any atom is -0.385 e. The van der Waals surface area contributed by atoms with E-state index >= 15 is 0 Å². The van der Waals surface area contributed by atoms with Crippen LogP contribution in [-0.4, -0.2) is 71.3 Å². The normalized spacial score (nSPS) is 36.4. The van der Waals surface area contributed by atoms with E-state index in [0.29, 0.717) is 13.2 Å². The van der Waals surface area contributed by atoms with Gasteiger partial charge in [-0.25, -0.2) is 0 Å². The molecular formula is C28H40N2O6S. The van der Waals surface area contributed by atoms with Gasteiger partial charge in [0.2, 0.25) is 0 Å². The number of hydrogen-bond acceptors (Lipinski definition) is 9. The molecule has 37 heavy (non-hydrogen) atoms. The number of hydrogen-bond donors (Lipinski definition) is 3. The zero-order valence-corrected chi connectivity index (χ0v) is 22.5. The van der Waals surface area contributed by atoms with Crippen LogP contribution >= 0.6 is 11.8 Å². The van der Waals surface area contributed by atoms with Crippen LogP contribution in [0.5, 0.6) is 0 Å². The second-order valence-electron chi connectivity index (χ2n) is 9.64. The molecule has 0 unspecified atom stereocenters. The number of nitrogens with two attached hydrogens (primary N) is 2. The van der Waals surface area contributed by atoms with Gasteiger partial charge in [0.1, 0.15) is 29.9 Å². The number of ether oxygens (including phenoxy) is 5. The van der Waals surface area contributed by atoms with Crippen molar-refractivity contribution in [2.45, 2.75) is 94.4 Å². The fourth-order valence-corrected chi connectivity index (χ4v) is 5.70. The molecule has 5 N–H and O–H groups in total. The Balaban J connectivity index is 1.50. The molecule has 2 aromatic carbocycles. The van der Waals surface area contributed by atoms with Crippen molar-refractivity contribution in [3.63, 3.8) is 0 Å². The van der Waals surface area contributed by atoms with Crippen molar-refractivity contribution in [2.75, 3.05) is 5.75 Å². The molecule has 8 nitrogen and oxygen atoms in total. The Labute approximate surface area is 223 Å². The van der Waals surface area contributed by atoms with Crippen molar-refractivity contribution in [2.24, 2.45) is 11.5 Å². The molecule has 4 rings (SSSR count). The SMILES string of the molecule is CCS[C@H]1O[C@H](C)[C@@H](N)[C@H](OCc2ccccc2)[C@@H]1O[C@H]1O[C@H](C)[C@@H](N)[C@H](OCc2ccccc2)[C@@H]1O. The quantitative estimate of drug-likeness (QED) is 0.424. The highest BCUT2D eigenvalue weighted by Gasteiger charge is 2.49.